The van der Waals surface area contributed by atoms with E-state index in [1.54, 1.807) is 0 Å². The molecule has 1 aliphatic rings. The number of benzene rings is 1. The summed E-state index contributed by atoms with van der Waals surface area (Å²) in [5, 5.41) is 15.3. The van der Waals surface area contributed by atoms with Gasteiger partial charge in [0.15, 0.2) is 0 Å². The molecule has 1 aliphatic carbocycles. The van der Waals surface area contributed by atoms with E-state index in [0.29, 0.717) is 0 Å². The smallest absolute Gasteiger partial charge is 0.319 e. The van der Waals surface area contributed by atoms with Gasteiger partial charge < -0.3 is 10.6 Å². The van der Waals surface area contributed by atoms with Crippen molar-refractivity contribution in [3.8, 4) is 6.07 Å². The Balaban J connectivity index is 2.00. The molecule has 0 spiro atoms. The molecular weight excluding hydrogens is 262 g/mol. The first-order chi connectivity index (χ1) is 10.1. The molecule has 0 aromatic heterocycles. The number of hydrogen-bond acceptors (Lipinski definition) is 2. The van der Waals surface area contributed by atoms with Gasteiger partial charge in [-0.3, -0.25) is 0 Å². The second-order valence-corrected chi connectivity index (χ2v) is 5.91. The number of hydrogen-bond donors (Lipinski definition) is 2. The summed E-state index contributed by atoms with van der Waals surface area (Å²) < 4.78 is 0. The molecule has 0 unspecified atom stereocenters. The number of nitrogens with one attached hydrogen (secondary N) is 2. The summed E-state index contributed by atoms with van der Waals surface area (Å²) in [6, 6.07) is 9.70. The minimum Gasteiger partial charge on any atom is -0.319 e. The predicted molar refractivity (Wildman–Crippen MR) is 84.0 cm³/mol. The fourth-order valence-electron chi connectivity index (χ4n) is 2.88. The van der Waals surface area contributed by atoms with Crippen molar-refractivity contribution in [2.45, 2.75) is 57.4 Å². The molecule has 2 amide bonds. The number of carbonyl (C=O) groups excluding carboxylic acids is 1. The van der Waals surface area contributed by atoms with Crippen LogP contribution in [0.15, 0.2) is 24.3 Å². The van der Waals surface area contributed by atoms with E-state index in [2.05, 4.69) is 16.7 Å². The Morgan fingerprint density at radius 1 is 1.19 bits per heavy atom. The standard InChI is InChI=1S/C17H23N3O/c1-14-8-7-9-15(12-14)19-16(21)20-17(13-18)10-5-3-2-4-6-11-17/h7-9,12H,2-6,10-11H2,1H3,(H2,19,20,21). The minimum atomic E-state index is -0.714. The first-order valence-electron chi connectivity index (χ1n) is 7.71. The van der Waals surface area contributed by atoms with Crippen molar-refractivity contribution in [3.05, 3.63) is 29.8 Å². The molecule has 1 aromatic rings. The van der Waals surface area contributed by atoms with Crippen LogP contribution in [-0.4, -0.2) is 11.6 Å². The topological polar surface area (TPSA) is 64.9 Å². The number of carbonyl (C=O) groups is 1. The highest BCUT2D eigenvalue weighted by atomic mass is 16.2. The van der Waals surface area contributed by atoms with Crippen LogP contribution >= 0.6 is 0 Å². The van der Waals surface area contributed by atoms with Gasteiger partial charge >= 0.3 is 6.03 Å². The van der Waals surface area contributed by atoms with Gasteiger partial charge in [0.25, 0.3) is 0 Å². The average molecular weight is 285 g/mol. The van der Waals surface area contributed by atoms with Crippen LogP contribution in [-0.2, 0) is 0 Å². The highest BCUT2D eigenvalue weighted by Crippen LogP contribution is 2.26. The zero-order valence-electron chi connectivity index (χ0n) is 12.6. The van der Waals surface area contributed by atoms with Gasteiger partial charge in [-0.05, 0) is 37.5 Å². The largest absolute Gasteiger partial charge is 0.320 e. The molecule has 0 aliphatic heterocycles. The number of rotatable bonds is 2. The lowest BCUT2D eigenvalue weighted by Crippen LogP contribution is -2.49. The quantitative estimate of drug-likeness (QED) is 0.858. The van der Waals surface area contributed by atoms with Crippen molar-refractivity contribution in [1.29, 1.82) is 5.26 Å². The van der Waals surface area contributed by atoms with Gasteiger partial charge in [0.05, 0.1) is 6.07 Å². The Bertz CT molecular complexity index is 525. The van der Waals surface area contributed by atoms with Crippen molar-refractivity contribution in [2.24, 2.45) is 0 Å². The van der Waals surface area contributed by atoms with Gasteiger partial charge in [-0.25, -0.2) is 4.79 Å². The van der Waals surface area contributed by atoms with E-state index in [4.69, 9.17) is 0 Å². The highest BCUT2D eigenvalue weighted by molar-refractivity contribution is 5.90. The van der Waals surface area contributed by atoms with Crippen molar-refractivity contribution in [3.63, 3.8) is 0 Å². The molecule has 2 rings (SSSR count). The summed E-state index contributed by atoms with van der Waals surface area (Å²) >= 11 is 0. The van der Waals surface area contributed by atoms with E-state index in [1.165, 1.54) is 6.42 Å². The van der Waals surface area contributed by atoms with Crippen LogP contribution in [0, 0.1) is 18.3 Å². The SMILES string of the molecule is Cc1cccc(NC(=O)NC2(C#N)CCCCCCC2)c1. The van der Waals surface area contributed by atoms with Crippen LogP contribution in [0.1, 0.15) is 50.5 Å². The molecule has 0 heterocycles. The number of anilines is 1. The zero-order chi connectivity index (χ0) is 15.1. The van der Waals surface area contributed by atoms with E-state index in [9.17, 15) is 10.1 Å². The third-order valence-electron chi connectivity index (χ3n) is 4.05. The summed E-state index contributed by atoms with van der Waals surface area (Å²) in [5.41, 5.74) is 1.13. The molecule has 1 aromatic carbocycles. The molecule has 0 saturated heterocycles. The fraction of sp³-hybridized carbons (Fsp3) is 0.529. The van der Waals surface area contributed by atoms with E-state index < -0.39 is 5.54 Å². The molecule has 0 radical (unpaired) electrons. The van der Waals surface area contributed by atoms with Crippen molar-refractivity contribution in [2.75, 3.05) is 5.32 Å². The lowest BCUT2D eigenvalue weighted by atomic mass is 9.85. The Hall–Kier alpha value is -2.02. The number of aryl methyl sites for hydroxylation is 1. The Labute approximate surface area is 126 Å². The summed E-state index contributed by atoms with van der Waals surface area (Å²) in [4.78, 5) is 12.2. The molecule has 4 heteroatoms. The summed E-state index contributed by atoms with van der Waals surface area (Å²) in [7, 11) is 0. The summed E-state index contributed by atoms with van der Waals surface area (Å²) in [6.07, 6.45) is 7.00. The zero-order valence-corrected chi connectivity index (χ0v) is 12.6. The minimum absolute atomic E-state index is 0.289. The molecule has 4 nitrogen and oxygen atoms in total. The normalized spacial score (nSPS) is 17.9. The van der Waals surface area contributed by atoms with Gasteiger partial charge in [-0.1, -0.05) is 44.2 Å². The molecule has 2 N–H and O–H groups in total. The number of amides is 2. The monoisotopic (exact) mass is 285 g/mol. The van der Waals surface area contributed by atoms with Gasteiger partial charge in [-0.15, -0.1) is 0 Å². The van der Waals surface area contributed by atoms with E-state index in [1.807, 2.05) is 31.2 Å². The summed E-state index contributed by atoms with van der Waals surface area (Å²) in [6.45, 7) is 1.98. The number of urea groups is 1. The molecule has 0 atom stereocenters. The first-order valence-corrected chi connectivity index (χ1v) is 7.71. The van der Waals surface area contributed by atoms with Crippen LogP contribution in [0.4, 0.5) is 10.5 Å². The van der Waals surface area contributed by atoms with Crippen molar-refractivity contribution in [1.82, 2.24) is 5.32 Å². The average Bonchev–Trinajstić information content (AvgIpc) is 2.42. The molecule has 1 fully saturated rings. The van der Waals surface area contributed by atoms with Crippen LogP contribution < -0.4 is 10.6 Å². The lowest BCUT2D eigenvalue weighted by molar-refractivity contribution is 0.236. The van der Waals surface area contributed by atoms with E-state index in [0.717, 1.165) is 49.8 Å². The van der Waals surface area contributed by atoms with E-state index >= 15 is 0 Å². The maximum absolute atomic E-state index is 12.2. The highest BCUT2D eigenvalue weighted by Gasteiger charge is 2.31. The Morgan fingerprint density at radius 2 is 1.86 bits per heavy atom. The van der Waals surface area contributed by atoms with E-state index in [-0.39, 0.29) is 6.03 Å². The van der Waals surface area contributed by atoms with Gasteiger partial charge in [0.1, 0.15) is 5.54 Å². The maximum atomic E-state index is 12.2. The predicted octanol–water partition coefficient (Wildman–Crippen LogP) is 4.12. The maximum Gasteiger partial charge on any atom is 0.320 e. The Kier molecular flexibility index (Phi) is 5.21. The van der Waals surface area contributed by atoms with Crippen molar-refractivity contribution >= 4 is 11.7 Å². The Morgan fingerprint density at radius 3 is 2.48 bits per heavy atom. The number of nitrogens with zero attached hydrogens (tertiary/aromatic N) is 1. The molecule has 1 saturated carbocycles. The third kappa shape index (κ3) is 4.49. The van der Waals surface area contributed by atoms with Crippen LogP contribution in [0.25, 0.3) is 0 Å². The van der Waals surface area contributed by atoms with Gasteiger partial charge in [0, 0.05) is 5.69 Å². The molecule has 0 bridgehead atoms. The van der Waals surface area contributed by atoms with Crippen LogP contribution in [0.5, 0.6) is 0 Å². The molecule has 112 valence electrons. The lowest BCUT2D eigenvalue weighted by Gasteiger charge is -2.29. The van der Waals surface area contributed by atoms with Gasteiger partial charge in [0.2, 0.25) is 0 Å². The number of nitriles is 1. The van der Waals surface area contributed by atoms with Crippen LogP contribution in [0.2, 0.25) is 0 Å². The van der Waals surface area contributed by atoms with Gasteiger partial charge in [-0.2, -0.15) is 5.26 Å². The first kappa shape index (κ1) is 15.4. The summed E-state index contributed by atoms with van der Waals surface area (Å²) in [5.74, 6) is 0. The second-order valence-electron chi connectivity index (χ2n) is 5.91. The van der Waals surface area contributed by atoms with Crippen LogP contribution in [0.3, 0.4) is 0 Å². The van der Waals surface area contributed by atoms with Crippen molar-refractivity contribution < 1.29 is 4.79 Å². The molecule has 21 heavy (non-hydrogen) atoms. The second kappa shape index (κ2) is 7.12. The molecular formula is C17H23N3O. The fourth-order valence-corrected chi connectivity index (χ4v) is 2.88. The third-order valence-corrected chi connectivity index (χ3v) is 4.05.